The van der Waals surface area contributed by atoms with Crippen molar-refractivity contribution in [2.45, 2.75) is 206 Å². The zero-order valence-electron chi connectivity index (χ0n) is 33.1. The highest BCUT2D eigenvalue weighted by molar-refractivity contribution is 5.69. The molecule has 49 heavy (non-hydrogen) atoms. The molecule has 0 spiro atoms. The van der Waals surface area contributed by atoms with E-state index in [0.29, 0.717) is 50.2 Å². The van der Waals surface area contributed by atoms with E-state index >= 15 is 0 Å². The number of carbonyl (C=O) groups excluding carboxylic acids is 2. The summed E-state index contributed by atoms with van der Waals surface area (Å²) in [5.74, 6) is -0.264. The van der Waals surface area contributed by atoms with Gasteiger partial charge in [-0.15, -0.1) is 0 Å². The van der Waals surface area contributed by atoms with Gasteiger partial charge in [0.05, 0.1) is 13.7 Å². The lowest BCUT2D eigenvalue weighted by Gasteiger charge is -2.33. The molecule has 1 atom stereocenters. The topological polar surface area (TPSA) is 72.8 Å². The third-order valence-electron chi connectivity index (χ3n) is 10.1. The minimum atomic E-state index is -0.136. The number of likely N-dealkylation sites (N-methyl/N-ethyl adjacent to an activating group) is 1. The van der Waals surface area contributed by atoms with Crippen molar-refractivity contribution in [2.75, 3.05) is 46.5 Å². The fourth-order valence-electron chi connectivity index (χ4n) is 6.46. The summed E-state index contributed by atoms with van der Waals surface area (Å²) < 4.78 is 11.6. The lowest BCUT2D eigenvalue weighted by atomic mass is 10.0. The van der Waals surface area contributed by atoms with Gasteiger partial charge in [0, 0.05) is 12.8 Å². The molecule has 0 heterocycles. The molecule has 0 saturated carbocycles. The number of ether oxygens (including phenoxy) is 2. The minimum Gasteiger partial charge on any atom is -0.460 e. The Morgan fingerprint density at radius 3 is 1.10 bits per heavy atom. The number of quaternary nitrogens is 1. The van der Waals surface area contributed by atoms with Crippen LogP contribution in [0, 0.1) is 0 Å². The Bertz CT molecular complexity index is 742. The summed E-state index contributed by atoms with van der Waals surface area (Å²) in [5.41, 5.74) is 0. The van der Waals surface area contributed by atoms with Crippen molar-refractivity contribution in [2.24, 2.45) is 0 Å². The summed E-state index contributed by atoms with van der Waals surface area (Å²) in [7, 11) is 2.02. The van der Waals surface area contributed by atoms with Crippen molar-refractivity contribution >= 4 is 11.9 Å². The number of unbranched alkanes of at least 4 members (excludes halogenated alkanes) is 25. The lowest BCUT2D eigenvalue weighted by Crippen LogP contribution is -2.50. The molecule has 0 radical (unpaired) electrons. The van der Waals surface area contributed by atoms with Crippen LogP contribution in [0.5, 0.6) is 0 Å². The Balaban J connectivity index is 3.72. The predicted molar refractivity (Wildman–Crippen MR) is 209 cm³/mol. The minimum absolute atomic E-state index is 0.0480. The van der Waals surface area contributed by atoms with Gasteiger partial charge in [-0.1, -0.05) is 167 Å². The molecule has 0 amide bonds. The van der Waals surface area contributed by atoms with Crippen LogP contribution < -0.4 is 0 Å². The standard InChI is InChI=1S/C43H84NO5/c1-4-6-8-10-12-14-16-18-20-22-24-26-28-30-32-34-42(46)48-40-37-44(3,36-39-45)38-41-49-43(47)35-33-31-29-27-25-23-21-19-17-15-13-11-9-7-5-2/h18,20,45H,4-17,19,21-41H2,1-3H3/q+1/b20-18-. The molecular formula is C43H84NO5+. The van der Waals surface area contributed by atoms with E-state index < -0.39 is 0 Å². The maximum absolute atomic E-state index is 12.3. The van der Waals surface area contributed by atoms with Gasteiger partial charge in [0.1, 0.15) is 32.8 Å². The fraction of sp³-hybridized carbons (Fsp3) is 0.907. The van der Waals surface area contributed by atoms with E-state index in [1.165, 1.54) is 154 Å². The predicted octanol–water partition coefficient (Wildman–Crippen LogP) is 11.8. The molecule has 0 rings (SSSR count). The van der Waals surface area contributed by atoms with Crippen molar-refractivity contribution in [1.29, 1.82) is 0 Å². The summed E-state index contributed by atoms with van der Waals surface area (Å²) >= 11 is 0. The highest BCUT2D eigenvalue weighted by atomic mass is 16.5. The van der Waals surface area contributed by atoms with Gasteiger partial charge < -0.3 is 19.1 Å². The highest BCUT2D eigenvalue weighted by Gasteiger charge is 2.22. The van der Waals surface area contributed by atoms with Gasteiger partial charge in [0.15, 0.2) is 0 Å². The van der Waals surface area contributed by atoms with E-state index in [2.05, 4.69) is 26.0 Å². The quantitative estimate of drug-likeness (QED) is 0.0300. The van der Waals surface area contributed by atoms with Crippen molar-refractivity contribution in [1.82, 2.24) is 0 Å². The average molecular weight is 695 g/mol. The third-order valence-corrected chi connectivity index (χ3v) is 10.1. The van der Waals surface area contributed by atoms with E-state index in [9.17, 15) is 14.7 Å². The normalized spacial score (nSPS) is 12.8. The van der Waals surface area contributed by atoms with Crippen molar-refractivity contribution < 1.29 is 28.7 Å². The third kappa shape index (κ3) is 36.2. The number of carbonyl (C=O) groups is 2. The second kappa shape index (κ2) is 37.8. The number of aliphatic hydroxyl groups is 1. The molecule has 290 valence electrons. The van der Waals surface area contributed by atoms with Crippen LogP contribution in [-0.2, 0) is 19.1 Å². The summed E-state index contributed by atoms with van der Waals surface area (Å²) in [6.07, 6.45) is 41.4. The van der Waals surface area contributed by atoms with Gasteiger partial charge in [-0.3, -0.25) is 9.59 Å². The van der Waals surface area contributed by atoms with Crippen LogP contribution in [0.4, 0.5) is 0 Å². The molecule has 0 aliphatic heterocycles. The van der Waals surface area contributed by atoms with Gasteiger partial charge in [-0.05, 0) is 38.5 Å². The smallest absolute Gasteiger partial charge is 0.305 e. The van der Waals surface area contributed by atoms with Gasteiger partial charge >= 0.3 is 11.9 Å². The largest absolute Gasteiger partial charge is 0.460 e. The second-order valence-electron chi connectivity index (χ2n) is 15.0. The molecule has 0 fully saturated rings. The Morgan fingerprint density at radius 1 is 0.469 bits per heavy atom. The van der Waals surface area contributed by atoms with Crippen molar-refractivity contribution in [3.63, 3.8) is 0 Å². The van der Waals surface area contributed by atoms with Crippen LogP contribution in [0.25, 0.3) is 0 Å². The van der Waals surface area contributed by atoms with Crippen molar-refractivity contribution in [3.8, 4) is 0 Å². The maximum atomic E-state index is 12.3. The molecular weight excluding hydrogens is 610 g/mol. The Morgan fingerprint density at radius 2 is 0.776 bits per heavy atom. The molecule has 0 aromatic carbocycles. The molecule has 6 heteroatoms. The van der Waals surface area contributed by atoms with E-state index in [4.69, 9.17) is 9.47 Å². The van der Waals surface area contributed by atoms with Crippen LogP contribution >= 0.6 is 0 Å². The van der Waals surface area contributed by atoms with E-state index in [-0.39, 0.29) is 18.5 Å². The molecule has 0 aromatic heterocycles. The monoisotopic (exact) mass is 695 g/mol. The molecule has 0 aromatic rings. The van der Waals surface area contributed by atoms with Crippen LogP contribution in [0.15, 0.2) is 12.2 Å². The second-order valence-corrected chi connectivity index (χ2v) is 15.0. The highest BCUT2D eigenvalue weighted by Crippen LogP contribution is 2.15. The van der Waals surface area contributed by atoms with Crippen molar-refractivity contribution in [3.05, 3.63) is 12.2 Å². The fourth-order valence-corrected chi connectivity index (χ4v) is 6.46. The van der Waals surface area contributed by atoms with Crippen LogP contribution in [0.1, 0.15) is 206 Å². The first kappa shape index (κ1) is 47.6. The maximum Gasteiger partial charge on any atom is 0.305 e. The van der Waals surface area contributed by atoms with E-state index in [1.807, 2.05) is 7.05 Å². The van der Waals surface area contributed by atoms with Gasteiger partial charge in [0.25, 0.3) is 0 Å². The molecule has 0 aliphatic rings. The van der Waals surface area contributed by atoms with Crippen LogP contribution in [0.2, 0.25) is 0 Å². The molecule has 1 N–H and O–H groups in total. The zero-order chi connectivity index (χ0) is 35.9. The molecule has 0 aliphatic carbocycles. The van der Waals surface area contributed by atoms with Gasteiger partial charge in [-0.2, -0.15) is 0 Å². The molecule has 0 saturated heterocycles. The average Bonchev–Trinajstić information content (AvgIpc) is 3.08. The number of nitrogens with zero attached hydrogens (tertiary/aromatic N) is 1. The Hall–Kier alpha value is -1.40. The number of hydrogen-bond donors (Lipinski definition) is 1. The number of allylic oxidation sites excluding steroid dienone is 2. The van der Waals surface area contributed by atoms with Gasteiger partial charge in [0.2, 0.25) is 0 Å². The first-order valence-corrected chi connectivity index (χ1v) is 21.4. The van der Waals surface area contributed by atoms with E-state index in [1.54, 1.807) is 0 Å². The SMILES string of the molecule is CCCCCCCC/C=C\CCCCCCCC(=O)OCC[N+](C)(CCO)CCOC(=O)CCCCCCCCCCCCCCCCC. The Kier molecular flexibility index (Phi) is 36.8. The number of hydrogen-bond acceptors (Lipinski definition) is 5. The van der Waals surface area contributed by atoms with Crippen LogP contribution in [0.3, 0.4) is 0 Å². The molecule has 6 nitrogen and oxygen atoms in total. The van der Waals surface area contributed by atoms with Crippen LogP contribution in [-0.4, -0.2) is 68.0 Å². The summed E-state index contributed by atoms with van der Waals surface area (Å²) in [6, 6.07) is 0. The number of rotatable bonds is 39. The van der Waals surface area contributed by atoms with Gasteiger partial charge in [-0.25, -0.2) is 0 Å². The first-order chi connectivity index (χ1) is 24.0. The zero-order valence-corrected chi connectivity index (χ0v) is 33.1. The van der Waals surface area contributed by atoms with E-state index in [0.717, 1.165) is 25.7 Å². The number of aliphatic hydroxyl groups excluding tert-OH is 1. The first-order valence-electron chi connectivity index (χ1n) is 21.4. The lowest BCUT2D eigenvalue weighted by molar-refractivity contribution is -0.910. The summed E-state index contributed by atoms with van der Waals surface area (Å²) in [6.45, 7) is 7.00. The molecule has 0 bridgehead atoms. The molecule has 1 unspecified atom stereocenters. The summed E-state index contributed by atoms with van der Waals surface area (Å²) in [4.78, 5) is 24.5. The number of esters is 2. The summed E-state index contributed by atoms with van der Waals surface area (Å²) in [5, 5.41) is 9.59. The Labute approximate surface area is 305 Å².